The first kappa shape index (κ1) is 19.1. The molecule has 128 valence electrons. The molecule has 0 fully saturated rings. The Morgan fingerprint density at radius 3 is 2.30 bits per heavy atom. The zero-order valence-corrected chi connectivity index (χ0v) is 13.7. The summed E-state index contributed by atoms with van der Waals surface area (Å²) in [5.74, 6) is -0.385. The molecule has 1 aromatic carbocycles. The van der Waals surface area contributed by atoms with Crippen LogP contribution in [0.5, 0.6) is 0 Å². The highest BCUT2D eigenvalue weighted by molar-refractivity contribution is 5.71. The zero-order valence-electron chi connectivity index (χ0n) is 13.7. The Bertz CT molecular complexity index is 506. The normalized spacial score (nSPS) is 11.3. The molecule has 0 aliphatic rings. The Labute approximate surface area is 135 Å². The van der Waals surface area contributed by atoms with Gasteiger partial charge in [0.1, 0.15) is 12.2 Å². The Morgan fingerprint density at radius 2 is 1.74 bits per heavy atom. The molecule has 0 aliphatic heterocycles. The topological polar surface area (TPSA) is 87.9 Å². The maximum absolute atomic E-state index is 11.4. The van der Waals surface area contributed by atoms with Crippen LogP contribution in [0.25, 0.3) is 0 Å². The Hall–Kier alpha value is -1.99. The molecule has 0 saturated carbocycles. The Kier molecular flexibility index (Phi) is 7.64. The minimum absolute atomic E-state index is 0.0595. The number of benzene rings is 1. The molecule has 0 N–H and O–H groups in total. The van der Waals surface area contributed by atoms with Crippen LogP contribution in [0.4, 0.5) is 5.69 Å². The number of non-ortho nitro benzene ring substituents is 1. The molecule has 0 aliphatic carbocycles. The molecule has 23 heavy (non-hydrogen) atoms. The van der Waals surface area contributed by atoms with Gasteiger partial charge in [-0.1, -0.05) is 0 Å². The second kappa shape index (κ2) is 9.22. The highest BCUT2D eigenvalue weighted by Crippen LogP contribution is 2.12. The average molecular weight is 325 g/mol. The summed E-state index contributed by atoms with van der Waals surface area (Å²) >= 11 is 0. The van der Waals surface area contributed by atoms with Crippen LogP contribution in [0, 0.1) is 10.1 Å². The average Bonchev–Trinajstić information content (AvgIpc) is 2.45. The van der Waals surface area contributed by atoms with Gasteiger partial charge in [0.15, 0.2) is 0 Å². The summed E-state index contributed by atoms with van der Waals surface area (Å²) < 4.78 is 15.8. The van der Waals surface area contributed by atoms with Crippen molar-refractivity contribution >= 4 is 11.7 Å². The number of nitro benzene ring substituents is 1. The SMILES string of the molecule is CC(C)(C)OC(=O)COCCCOCc1ccc([N+](=O)[O-])cc1. The molecular formula is C16H23NO6. The van der Waals surface area contributed by atoms with Crippen LogP contribution in [0.2, 0.25) is 0 Å². The fraction of sp³-hybridized carbons (Fsp3) is 0.562. The fourth-order valence-corrected chi connectivity index (χ4v) is 1.69. The lowest BCUT2D eigenvalue weighted by molar-refractivity contribution is -0.384. The van der Waals surface area contributed by atoms with E-state index in [0.717, 1.165) is 5.56 Å². The maximum atomic E-state index is 11.4. The lowest BCUT2D eigenvalue weighted by atomic mass is 10.2. The predicted molar refractivity (Wildman–Crippen MR) is 84.0 cm³/mol. The van der Waals surface area contributed by atoms with E-state index in [1.165, 1.54) is 12.1 Å². The van der Waals surface area contributed by atoms with Gasteiger partial charge in [0.2, 0.25) is 0 Å². The molecule has 0 bridgehead atoms. The number of nitro groups is 1. The number of carbonyl (C=O) groups is 1. The summed E-state index contributed by atoms with van der Waals surface area (Å²) in [5, 5.41) is 10.5. The van der Waals surface area contributed by atoms with Crippen LogP contribution in [0.3, 0.4) is 0 Å². The van der Waals surface area contributed by atoms with E-state index in [-0.39, 0.29) is 18.3 Å². The van der Waals surface area contributed by atoms with Gasteiger partial charge >= 0.3 is 5.97 Å². The van der Waals surface area contributed by atoms with Gasteiger partial charge in [-0.3, -0.25) is 10.1 Å². The first-order chi connectivity index (χ1) is 10.8. The van der Waals surface area contributed by atoms with E-state index in [9.17, 15) is 14.9 Å². The van der Waals surface area contributed by atoms with E-state index in [1.807, 2.05) is 0 Å². The quantitative estimate of drug-likeness (QED) is 0.300. The van der Waals surface area contributed by atoms with Gasteiger partial charge in [0, 0.05) is 25.3 Å². The molecular weight excluding hydrogens is 302 g/mol. The van der Waals surface area contributed by atoms with E-state index >= 15 is 0 Å². The van der Waals surface area contributed by atoms with Crippen molar-refractivity contribution in [2.45, 2.75) is 39.4 Å². The molecule has 0 unspecified atom stereocenters. The smallest absolute Gasteiger partial charge is 0.332 e. The summed E-state index contributed by atoms with van der Waals surface area (Å²) in [5.41, 5.74) is 0.420. The van der Waals surface area contributed by atoms with Crippen molar-refractivity contribution in [2.24, 2.45) is 0 Å². The molecule has 0 heterocycles. The zero-order chi connectivity index (χ0) is 17.3. The van der Waals surface area contributed by atoms with E-state index in [0.29, 0.717) is 26.2 Å². The van der Waals surface area contributed by atoms with Crippen LogP contribution in [-0.4, -0.2) is 36.3 Å². The van der Waals surface area contributed by atoms with Crippen molar-refractivity contribution in [2.75, 3.05) is 19.8 Å². The maximum Gasteiger partial charge on any atom is 0.332 e. The Balaban J connectivity index is 2.07. The first-order valence-electron chi connectivity index (χ1n) is 7.38. The number of hydrogen-bond donors (Lipinski definition) is 0. The molecule has 7 heteroatoms. The van der Waals surface area contributed by atoms with Crippen molar-refractivity contribution in [3.05, 3.63) is 39.9 Å². The number of esters is 1. The molecule has 1 aromatic rings. The molecule has 0 spiro atoms. The van der Waals surface area contributed by atoms with E-state index in [2.05, 4.69) is 0 Å². The third-order valence-corrected chi connectivity index (χ3v) is 2.63. The van der Waals surface area contributed by atoms with Gasteiger partial charge in [0.05, 0.1) is 11.5 Å². The second-order valence-electron chi connectivity index (χ2n) is 5.97. The van der Waals surface area contributed by atoms with Crippen LogP contribution in [-0.2, 0) is 25.6 Å². The van der Waals surface area contributed by atoms with Crippen LogP contribution in [0.15, 0.2) is 24.3 Å². The number of nitrogens with zero attached hydrogens (tertiary/aromatic N) is 1. The summed E-state index contributed by atoms with van der Waals surface area (Å²) in [6.45, 7) is 6.60. The van der Waals surface area contributed by atoms with Gasteiger partial charge in [-0.2, -0.15) is 0 Å². The summed E-state index contributed by atoms with van der Waals surface area (Å²) in [7, 11) is 0. The van der Waals surface area contributed by atoms with Gasteiger partial charge in [-0.15, -0.1) is 0 Å². The van der Waals surface area contributed by atoms with E-state index < -0.39 is 10.5 Å². The third kappa shape index (κ3) is 8.90. The highest BCUT2D eigenvalue weighted by Gasteiger charge is 2.15. The minimum Gasteiger partial charge on any atom is -0.458 e. The van der Waals surface area contributed by atoms with Crippen LogP contribution in [0.1, 0.15) is 32.8 Å². The van der Waals surface area contributed by atoms with Gasteiger partial charge in [-0.05, 0) is 44.9 Å². The Morgan fingerprint density at radius 1 is 1.13 bits per heavy atom. The standard InChI is InChI=1S/C16H23NO6/c1-16(2,3)23-15(18)12-22-10-4-9-21-11-13-5-7-14(8-6-13)17(19)20/h5-8H,4,9-12H2,1-3H3. The molecule has 7 nitrogen and oxygen atoms in total. The molecule has 0 aromatic heterocycles. The van der Waals surface area contributed by atoms with Crippen molar-refractivity contribution in [1.29, 1.82) is 0 Å². The number of ether oxygens (including phenoxy) is 3. The van der Waals surface area contributed by atoms with Crippen molar-refractivity contribution in [3.63, 3.8) is 0 Å². The number of hydrogen-bond acceptors (Lipinski definition) is 6. The van der Waals surface area contributed by atoms with Gasteiger partial charge in [-0.25, -0.2) is 4.79 Å². The van der Waals surface area contributed by atoms with E-state index in [1.54, 1.807) is 32.9 Å². The molecule has 0 saturated heterocycles. The van der Waals surface area contributed by atoms with E-state index in [4.69, 9.17) is 14.2 Å². The van der Waals surface area contributed by atoms with Crippen LogP contribution < -0.4 is 0 Å². The van der Waals surface area contributed by atoms with Crippen LogP contribution >= 0.6 is 0 Å². The fourth-order valence-electron chi connectivity index (χ4n) is 1.69. The van der Waals surface area contributed by atoms with Gasteiger partial charge < -0.3 is 14.2 Å². The number of carbonyl (C=O) groups excluding carboxylic acids is 1. The molecule has 1 rings (SSSR count). The molecule has 0 atom stereocenters. The highest BCUT2D eigenvalue weighted by atomic mass is 16.6. The van der Waals surface area contributed by atoms with Crippen molar-refractivity contribution in [1.82, 2.24) is 0 Å². The summed E-state index contributed by atoms with van der Waals surface area (Å²) in [6.07, 6.45) is 0.649. The van der Waals surface area contributed by atoms with Crippen molar-refractivity contribution < 1.29 is 23.9 Å². The number of rotatable bonds is 9. The predicted octanol–water partition coefficient (Wildman–Crippen LogP) is 2.86. The second-order valence-corrected chi connectivity index (χ2v) is 5.97. The summed E-state index contributed by atoms with van der Waals surface area (Å²) in [6, 6.07) is 6.22. The monoisotopic (exact) mass is 325 g/mol. The largest absolute Gasteiger partial charge is 0.458 e. The lowest BCUT2D eigenvalue weighted by Crippen LogP contribution is -2.26. The molecule has 0 amide bonds. The summed E-state index contributed by atoms with van der Waals surface area (Å²) in [4.78, 5) is 21.5. The molecule has 0 radical (unpaired) electrons. The van der Waals surface area contributed by atoms with Crippen molar-refractivity contribution in [3.8, 4) is 0 Å². The minimum atomic E-state index is -0.506. The third-order valence-electron chi connectivity index (χ3n) is 2.63. The lowest BCUT2D eigenvalue weighted by Gasteiger charge is -2.19. The first-order valence-corrected chi connectivity index (χ1v) is 7.38. The van der Waals surface area contributed by atoms with Gasteiger partial charge in [0.25, 0.3) is 5.69 Å².